The third kappa shape index (κ3) is 5.53. The molecule has 0 fully saturated rings. The molecule has 0 aliphatic heterocycles. The fraction of sp³-hybridized carbons (Fsp3) is 0.714. The van der Waals surface area contributed by atoms with Crippen molar-refractivity contribution in [2.45, 2.75) is 25.3 Å². The molecular formula is C7H15NO. The predicted octanol–water partition coefficient (Wildman–Crippen LogP) is 0.662. The highest BCUT2D eigenvalue weighted by molar-refractivity contribution is 4.70. The summed E-state index contributed by atoms with van der Waals surface area (Å²) >= 11 is 0. The quantitative estimate of drug-likeness (QED) is 0.536. The van der Waals surface area contributed by atoms with Gasteiger partial charge in [-0.15, -0.1) is 6.58 Å². The van der Waals surface area contributed by atoms with Crippen molar-refractivity contribution in [1.29, 1.82) is 0 Å². The Kier molecular flexibility index (Phi) is 5.57. The Labute approximate surface area is 56.4 Å². The van der Waals surface area contributed by atoms with E-state index in [0.717, 1.165) is 12.8 Å². The van der Waals surface area contributed by atoms with Gasteiger partial charge < -0.3 is 10.8 Å². The molecule has 1 unspecified atom stereocenters. The predicted molar refractivity (Wildman–Crippen MR) is 39.1 cm³/mol. The van der Waals surface area contributed by atoms with Gasteiger partial charge in [0.25, 0.3) is 0 Å². The van der Waals surface area contributed by atoms with Gasteiger partial charge in [0.1, 0.15) is 0 Å². The summed E-state index contributed by atoms with van der Waals surface area (Å²) in [5, 5.41) is 8.43. The topological polar surface area (TPSA) is 46.2 Å². The lowest BCUT2D eigenvalue weighted by molar-refractivity contribution is 0.273. The van der Waals surface area contributed by atoms with Crippen molar-refractivity contribution < 1.29 is 5.11 Å². The molecule has 0 radical (unpaired) electrons. The molecule has 0 heterocycles. The standard InChI is InChI=1S/C7H15NO/c1-2-3-4-7(8)5-6-9/h2,7,9H,1,3-6,8H2. The molecule has 0 aromatic carbocycles. The Bertz CT molecular complexity index is 73.3. The summed E-state index contributed by atoms with van der Waals surface area (Å²) in [5.74, 6) is 0. The molecule has 0 rings (SSSR count). The molecule has 0 saturated heterocycles. The number of aliphatic hydroxyl groups is 1. The maximum absolute atomic E-state index is 8.43. The van der Waals surface area contributed by atoms with E-state index >= 15 is 0 Å². The van der Waals surface area contributed by atoms with Crippen LogP contribution in [0.5, 0.6) is 0 Å². The first-order valence-electron chi connectivity index (χ1n) is 3.28. The third-order valence-corrected chi connectivity index (χ3v) is 1.24. The summed E-state index contributed by atoms with van der Waals surface area (Å²) in [7, 11) is 0. The van der Waals surface area contributed by atoms with Gasteiger partial charge >= 0.3 is 0 Å². The lowest BCUT2D eigenvalue weighted by Gasteiger charge is -2.05. The largest absolute Gasteiger partial charge is 0.396 e. The lowest BCUT2D eigenvalue weighted by Crippen LogP contribution is -2.20. The van der Waals surface area contributed by atoms with E-state index in [4.69, 9.17) is 10.8 Å². The number of rotatable bonds is 5. The lowest BCUT2D eigenvalue weighted by atomic mass is 10.1. The van der Waals surface area contributed by atoms with Gasteiger partial charge in [-0.05, 0) is 19.3 Å². The highest BCUT2D eigenvalue weighted by atomic mass is 16.3. The number of hydrogen-bond donors (Lipinski definition) is 2. The first kappa shape index (κ1) is 8.66. The average molecular weight is 129 g/mol. The summed E-state index contributed by atoms with van der Waals surface area (Å²) in [6, 6.07) is 0.146. The van der Waals surface area contributed by atoms with Crippen LogP contribution in [0.25, 0.3) is 0 Å². The van der Waals surface area contributed by atoms with Crippen molar-refractivity contribution in [1.82, 2.24) is 0 Å². The summed E-state index contributed by atoms with van der Waals surface area (Å²) in [5.41, 5.74) is 5.56. The summed E-state index contributed by atoms with van der Waals surface area (Å²) in [4.78, 5) is 0. The second-order valence-electron chi connectivity index (χ2n) is 2.14. The molecule has 1 atom stereocenters. The highest BCUT2D eigenvalue weighted by Crippen LogP contribution is 1.97. The zero-order chi connectivity index (χ0) is 7.11. The molecular weight excluding hydrogens is 114 g/mol. The van der Waals surface area contributed by atoms with Gasteiger partial charge in [0.15, 0.2) is 0 Å². The Balaban J connectivity index is 3.04. The minimum Gasteiger partial charge on any atom is -0.396 e. The first-order chi connectivity index (χ1) is 4.31. The van der Waals surface area contributed by atoms with Gasteiger partial charge in [-0.3, -0.25) is 0 Å². The maximum Gasteiger partial charge on any atom is 0.0445 e. The normalized spacial score (nSPS) is 13.1. The fourth-order valence-electron chi connectivity index (χ4n) is 0.642. The van der Waals surface area contributed by atoms with Crippen LogP contribution < -0.4 is 5.73 Å². The maximum atomic E-state index is 8.43. The molecule has 0 saturated carbocycles. The van der Waals surface area contributed by atoms with E-state index in [1.807, 2.05) is 6.08 Å². The van der Waals surface area contributed by atoms with Crippen LogP contribution in [0, 0.1) is 0 Å². The zero-order valence-corrected chi connectivity index (χ0v) is 5.71. The summed E-state index contributed by atoms with van der Waals surface area (Å²) < 4.78 is 0. The minimum absolute atomic E-state index is 0.146. The molecule has 0 spiro atoms. The number of hydrogen-bond acceptors (Lipinski definition) is 2. The van der Waals surface area contributed by atoms with Crippen LogP contribution in [0.4, 0.5) is 0 Å². The monoisotopic (exact) mass is 129 g/mol. The van der Waals surface area contributed by atoms with Gasteiger partial charge in [-0.1, -0.05) is 6.08 Å². The minimum atomic E-state index is 0.146. The van der Waals surface area contributed by atoms with Crippen LogP contribution in [0.15, 0.2) is 12.7 Å². The second-order valence-corrected chi connectivity index (χ2v) is 2.14. The van der Waals surface area contributed by atoms with E-state index in [0.29, 0.717) is 6.42 Å². The van der Waals surface area contributed by atoms with Crippen molar-refractivity contribution in [2.75, 3.05) is 6.61 Å². The van der Waals surface area contributed by atoms with Crippen molar-refractivity contribution in [2.24, 2.45) is 5.73 Å². The van der Waals surface area contributed by atoms with E-state index in [9.17, 15) is 0 Å². The molecule has 9 heavy (non-hydrogen) atoms. The zero-order valence-electron chi connectivity index (χ0n) is 5.71. The van der Waals surface area contributed by atoms with Gasteiger partial charge in [0.05, 0.1) is 0 Å². The molecule has 0 amide bonds. The Morgan fingerprint density at radius 3 is 2.67 bits per heavy atom. The van der Waals surface area contributed by atoms with E-state index < -0.39 is 0 Å². The Hall–Kier alpha value is -0.340. The van der Waals surface area contributed by atoms with Gasteiger partial charge in [0.2, 0.25) is 0 Å². The third-order valence-electron chi connectivity index (χ3n) is 1.24. The average Bonchev–Trinajstić information content (AvgIpc) is 1.85. The van der Waals surface area contributed by atoms with Crippen LogP contribution in [0.2, 0.25) is 0 Å². The van der Waals surface area contributed by atoms with Gasteiger partial charge in [-0.2, -0.15) is 0 Å². The summed E-state index contributed by atoms with van der Waals surface area (Å²) in [6.07, 6.45) is 4.43. The molecule has 0 aliphatic carbocycles. The van der Waals surface area contributed by atoms with Crippen LogP contribution in [-0.2, 0) is 0 Å². The molecule has 0 aromatic rings. The second kappa shape index (κ2) is 5.79. The molecule has 0 bridgehead atoms. The molecule has 2 nitrogen and oxygen atoms in total. The van der Waals surface area contributed by atoms with Crippen molar-refractivity contribution in [3.8, 4) is 0 Å². The van der Waals surface area contributed by atoms with E-state index in [1.165, 1.54) is 0 Å². The van der Waals surface area contributed by atoms with Crippen molar-refractivity contribution in [3.63, 3.8) is 0 Å². The molecule has 0 aromatic heterocycles. The Morgan fingerprint density at radius 1 is 1.56 bits per heavy atom. The van der Waals surface area contributed by atoms with E-state index in [1.54, 1.807) is 0 Å². The van der Waals surface area contributed by atoms with E-state index in [-0.39, 0.29) is 12.6 Å². The molecule has 0 aliphatic rings. The Morgan fingerprint density at radius 2 is 2.22 bits per heavy atom. The van der Waals surface area contributed by atoms with E-state index in [2.05, 4.69) is 6.58 Å². The van der Waals surface area contributed by atoms with Gasteiger partial charge in [-0.25, -0.2) is 0 Å². The van der Waals surface area contributed by atoms with Crippen LogP contribution in [-0.4, -0.2) is 17.8 Å². The van der Waals surface area contributed by atoms with Crippen molar-refractivity contribution in [3.05, 3.63) is 12.7 Å². The molecule has 54 valence electrons. The SMILES string of the molecule is C=CCCC(N)CCO. The first-order valence-corrected chi connectivity index (χ1v) is 3.28. The number of allylic oxidation sites excluding steroid dienone is 1. The van der Waals surface area contributed by atoms with Crippen LogP contribution in [0.1, 0.15) is 19.3 Å². The number of aliphatic hydroxyl groups excluding tert-OH is 1. The molecule has 3 N–H and O–H groups in total. The molecule has 2 heteroatoms. The van der Waals surface area contributed by atoms with Crippen LogP contribution >= 0.6 is 0 Å². The smallest absolute Gasteiger partial charge is 0.0445 e. The van der Waals surface area contributed by atoms with Crippen molar-refractivity contribution >= 4 is 0 Å². The van der Waals surface area contributed by atoms with Crippen LogP contribution in [0.3, 0.4) is 0 Å². The van der Waals surface area contributed by atoms with Gasteiger partial charge in [0, 0.05) is 12.6 Å². The highest BCUT2D eigenvalue weighted by Gasteiger charge is 1.97. The summed E-state index contributed by atoms with van der Waals surface area (Å²) in [6.45, 7) is 3.77. The number of nitrogens with two attached hydrogens (primary N) is 1. The fourth-order valence-corrected chi connectivity index (χ4v) is 0.642.